The van der Waals surface area contributed by atoms with Gasteiger partial charge >= 0.3 is 15.5 Å². The van der Waals surface area contributed by atoms with Crippen molar-refractivity contribution in [1.29, 1.82) is 0 Å². The summed E-state index contributed by atoms with van der Waals surface area (Å²) in [5.41, 5.74) is -5.14. The van der Waals surface area contributed by atoms with Gasteiger partial charge in [0.05, 0.1) is 0 Å². The Labute approximate surface area is 92.7 Å². The maximum Gasteiger partial charge on any atom is 0.511 e. The minimum atomic E-state index is -5.14. The number of hydrogen-bond donors (Lipinski definition) is 0. The summed E-state index contributed by atoms with van der Waals surface area (Å²) in [4.78, 5) is 0. The number of halogens is 3. The van der Waals surface area contributed by atoms with Gasteiger partial charge in [0, 0.05) is 12.6 Å². The van der Waals surface area contributed by atoms with Gasteiger partial charge in [-0.05, 0) is 18.8 Å². The Morgan fingerprint density at radius 1 is 1.06 bits per heavy atom. The first-order chi connectivity index (χ1) is 7.34. The standard InChI is InChI=1S/C9H14F3NO2S/c10-9(11,12)16(14,15)13-6-8(13)7-4-2-1-3-5-7/h7-8H,1-6H2. The van der Waals surface area contributed by atoms with E-state index in [1.165, 1.54) is 0 Å². The highest BCUT2D eigenvalue weighted by molar-refractivity contribution is 7.90. The van der Waals surface area contributed by atoms with Gasteiger partial charge in [0.1, 0.15) is 0 Å². The molecule has 1 saturated carbocycles. The van der Waals surface area contributed by atoms with Crippen molar-refractivity contribution >= 4 is 10.0 Å². The van der Waals surface area contributed by atoms with Crippen molar-refractivity contribution in [2.45, 2.75) is 43.7 Å². The summed E-state index contributed by atoms with van der Waals surface area (Å²) >= 11 is 0. The summed E-state index contributed by atoms with van der Waals surface area (Å²) in [7, 11) is -5.07. The predicted octanol–water partition coefficient (Wildman–Crippen LogP) is 2.10. The van der Waals surface area contributed by atoms with Gasteiger partial charge in [-0.1, -0.05) is 19.3 Å². The van der Waals surface area contributed by atoms with E-state index < -0.39 is 21.6 Å². The summed E-state index contributed by atoms with van der Waals surface area (Å²) in [5.74, 6) is 0.130. The van der Waals surface area contributed by atoms with Crippen LogP contribution in [0.2, 0.25) is 0 Å². The molecule has 0 bridgehead atoms. The summed E-state index contributed by atoms with van der Waals surface area (Å²) in [6, 6.07) is -0.396. The predicted molar refractivity (Wildman–Crippen MR) is 52.0 cm³/mol. The van der Waals surface area contributed by atoms with E-state index in [0.29, 0.717) is 4.31 Å². The summed E-state index contributed by atoms with van der Waals surface area (Å²) in [6.45, 7) is 0.0481. The van der Waals surface area contributed by atoms with Crippen LogP contribution < -0.4 is 0 Å². The van der Waals surface area contributed by atoms with Gasteiger partial charge in [-0.2, -0.15) is 17.5 Å². The molecular formula is C9H14F3NO2S. The average Bonchev–Trinajstić information content (AvgIpc) is 2.97. The number of rotatable bonds is 2. The molecule has 0 radical (unpaired) electrons. The van der Waals surface area contributed by atoms with Crippen LogP contribution in [0.25, 0.3) is 0 Å². The second kappa shape index (κ2) is 3.87. The molecule has 2 fully saturated rings. The van der Waals surface area contributed by atoms with E-state index in [2.05, 4.69) is 0 Å². The lowest BCUT2D eigenvalue weighted by Crippen LogP contribution is -2.32. The van der Waals surface area contributed by atoms with Gasteiger partial charge < -0.3 is 0 Å². The zero-order chi connectivity index (χ0) is 12.0. The van der Waals surface area contributed by atoms with Gasteiger partial charge in [0.25, 0.3) is 0 Å². The van der Waals surface area contributed by atoms with Crippen molar-refractivity contribution in [1.82, 2.24) is 4.31 Å². The molecule has 1 heterocycles. The third-order valence-electron chi connectivity index (χ3n) is 3.40. The fourth-order valence-corrected chi connectivity index (χ4v) is 3.59. The molecule has 7 heteroatoms. The molecule has 1 aliphatic carbocycles. The number of nitrogens with zero attached hydrogens (tertiary/aromatic N) is 1. The molecule has 0 aromatic rings. The number of sulfonamides is 1. The topological polar surface area (TPSA) is 37.1 Å². The van der Waals surface area contributed by atoms with E-state index in [1.54, 1.807) is 0 Å². The first-order valence-corrected chi connectivity index (χ1v) is 6.86. The fourth-order valence-electron chi connectivity index (χ4n) is 2.45. The number of hydrogen-bond acceptors (Lipinski definition) is 2. The van der Waals surface area contributed by atoms with Crippen molar-refractivity contribution in [3.8, 4) is 0 Å². The van der Waals surface area contributed by atoms with Crippen molar-refractivity contribution < 1.29 is 21.6 Å². The summed E-state index contributed by atoms with van der Waals surface area (Å²) < 4.78 is 59.4. The second-order valence-corrected chi connectivity index (χ2v) is 6.37. The minimum Gasteiger partial charge on any atom is -0.203 e. The molecule has 2 atom stereocenters. The lowest BCUT2D eigenvalue weighted by Gasteiger charge is -2.21. The molecule has 0 aromatic heterocycles. The average molecular weight is 257 g/mol. The fraction of sp³-hybridized carbons (Fsp3) is 1.00. The van der Waals surface area contributed by atoms with Crippen LogP contribution in [0.3, 0.4) is 0 Å². The van der Waals surface area contributed by atoms with Crippen LogP contribution in [0.5, 0.6) is 0 Å². The van der Waals surface area contributed by atoms with Crippen LogP contribution >= 0.6 is 0 Å². The van der Waals surface area contributed by atoms with E-state index in [9.17, 15) is 21.6 Å². The Hall–Kier alpha value is -0.300. The molecule has 3 nitrogen and oxygen atoms in total. The van der Waals surface area contributed by atoms with Gasteiger partial charge in [0.2, 0.25) is 0 Å². The van der Waals surface area contributed by atoms with Crippen molar-refractivity contribution in [2.75, 3.05) is 6.54 Å². The highest BCUT2D eigenvalue weighted by Gasteiger charge is 2.59. The van der Waals surface area contributed by atoms with E-state index in [-0.39, 0.29) is 12.5 Å². The van der Waals surface area contributed by atoms with Crippen LogP contribution in [0.15, 0.2) is 0 Å². The Bertz CT molecular complexity index is 359. The lowest BCUT2D eigenvalue weighted by molar-refractivity contribution is -0.0468. The third-order valence-corrected chi connectivity index (χ3v) is 5.02. The first-order valence-electron chi connectivity index (χ1n) is 5.42. The number of alkyl halides is 3. The van der Waals surface area contributed by atoms with E-state index in [4.69, 9.17) is 0 Å². The molecule has 1 aliphatic heterocycles. The molecule has 2 rings (SSSR count). The third kappa shape index (κ3) is 2.07. The normalized spacial score (nSPS) is 32.7. The quantitative estimate of drug-likeness (QED) is 0.710. The van der Waals surface area contributed by atoms with Crippen LogP contribution in [-0.2, 0) is 10.0 Å². The Balaban J connectivity index is 2.01. The van der Waals surface area contributed by atoms with Crippen LogP contribution in [0.4, 0.5) is 13.2 Å². The minimum absolute atomic E-state index is 0.0481. The monoisotopic (exact) mass is 257 g/mol. The smallest absolute Gasteiger partial charge is 0.203 e. The molecular weight excluding hydrogens is 243 g/mol. The van der Waals surface area contributed by atoms with Crippen molar-refractivity contribution in [2.24, 2.45) is 5.92 Å². The Morgan fingerprint density at radius 3 is 2.12 bits per heavy atom. The van der Waals surface area contributed by atoms with Gasteiger partial charge in [0.15, 0.2) is 0 Å². The van der Waals surface area contributed by atoms with E-state index in [0.717, 1.165) is 32.1 Å². The summed E-state index contributed by atoms with van der Waals surface area (Å²) in [5, 5.41) is 0. The maximum atomic E-state index is 12.2. The molecule has 2 aliphatic rings. The van der Waals surface area contributed by atoms with Crippen LogP contribution in [0, 0.1) is 5.92 Å². The molecule has 0 amide bonds. The molecule has 0 spiro atoms. The van der Waals surface area contributed by atoms with Crippen molar-refractivity contribution in [3.05, 3.63) is 0 Å². The molecule has 94 valence electrons. The zero-order valence-electron chi connectivity index (χ0n) is 8.70. The largest absolute Gasteiger partial charge is 0.511 e. The first kappa shape index (κ1) is 12.2. The molecule has 0 aromatic carbocycles. The van der Waals surface area contributed by atoms with Gasteiger partial charge in [-0.15, -0.1) is 0 Å². The van der Waals surface area contributed by atoms with E-state index in [1.807, 2.05) is 0 Å². The Kier molecular flexibility index (Phi) is 2.94. The van der Waals surface area contributed by atoms with Crippen LogP contribution in [-0.4, -0.2) is 30.8 Å². The lowest BCUT2D eigenvalue weighted by atomic mass is 9.87. The zero-order valence-corrected chi connectivity index (χ0v) is 9.52. The molecule has 16 heavy (non-hydrogen) atoms. The maximum absolute atomic E-state index is 12.2. The molecule has 0 N–H and O–H groups in total. The Morgan fingerprint density at radius 2 is 1.62 bits per heavy atom. The van der Waals surface area contributed by atoms with Crippen molar-refractivity contribution in [3.63, 3.8) is 0 Å². The van der Waals surface area contributed by atoms with E-state index >= 15 is 0 Å². The highest BCUT2D eigenvalue weighted by atomic mass is 32.2. The highest BCUT2D eigenvalue weighted by Crippen LogP contribution is 2.41. The van der Waals surface area contributed by atoms with Gasteiger partial charge in [-0.25, -0.2) is 8.42 Å². The second-order valence-electron chi connectivity index (χ2n) is 4.49. The van der Waals surface area contributed by atoms with Gasteiger partial charge in [-0.3, -0.25) is 0 Å². The molecule has 2 unspecified atom stereocenters. The SMILES string of the molecule is O=S(=O)(N1CC1C1CCCCC1)C(F)(F)F. The van der Waals surface area contributed by atoms with Crippen LogP contribution in [0.1, 0.15) is 32.1 Å². The molecule has 1 saturated heterocycles. The summed E-state index contributed by atoms with van der Waals surface area (Å²) in [6.07, 6.45) is 4.82.